The van der Waals surface area contributed by atoms with Crippen molar-refractivity contribution in [3.05, 3.63) is 205 Å². The van der Waals surface area contributed by atoms with Gasteiger partial charge >= 0.3 is 24.2 Å². The van der Waals surface area contributed by atoms with E-state index in [1.165, 1.54) is 36.0 Å². The molecule has 0 fully saturated rings. The van der Waals surface area contributed by atoms with Gasteiger partial charge in [0.05, 0.1) is 44.0 Å². The third-order valence-electron chi connectivity index (χ3n) is 11.7. The summed E-state index contributed by atoms with van der Waals surface area (Å²) in [6.45, 7) is -4.79. The number of ether oxygens (including phenoxy) is 3. The number of nitrogens with one attached hydrogen (secondary N) is 3. The van der Waals surface area contributed by atoms with Gasteiger partial charge in [0.15, 0.2) is 0 Å². The maximum absolute atomic E-state index is 14.5. The smallest absolute Gasteiger partial charge is 0.425 e. The van der Waals surface area contributed by atoms with Crippen LogP contribution in [-0.4, -0.2) is 122 Å². The van der Waals surface area contributed by atoms with Crippen molar-refractivity contribution >= 4 is 47.8 Å². The van der Waals surface area contributed by atoms with Crippen LogP contribution in [0.5, 0.6) is 5.75 Å². The van der Waals surface area contributed by atoms with Crippen LogP contribution >= 0.6 is 11.8 Å². The highest BCUT2D eigenvalue weighted by molar-refractivity contribution is 8.00. The molecule has 0 aliphatic heterocycles. The molecule has 0 aromatic heterocycles. The van der Waals surface area contributed by atoms with Crippen LogP contribution in [0, 0.1) is 4.91 Å². The molecule has 6 amide bonds. The van der Waals surface area contributed by atoms with Gasteiger partial charge in [0.1, 0.15) is 35.1 Å². The first-order valence-electron chi connectivity index (χ1n) is 24.1. The second kappa shape index (κ2) is 34.0. The van der Waals surface area contributed by atoms with Crippen LogP contribution in [0.25, 0.3) is 62.7 Å². The van der Waals surface area contributed by atoms with Crippen LogP contribution in [0.15, 0.2) is 161 Å². The molecule has 0 spiro atoms. The van der Waals surface area contributed by atoms with Crippen molar-refractivity contribution in [2.24, 2.45) is 57.9 Å². The Morgan fingerprint density at radius 3 is 1.44 bits per heavy atom. The van der Waals surface area contributed by atoms with Gasteiger partial charge in [0.25, 0.3) is 5.91 Å². The first kappa shape index (κ1) is 65.2. The summed E-state index contributed by atoms with van der Waals surface area (Å²) in [5.74, 6) is 7.39. The van der Waals surface area contributed by atoms with Crippen molar-refractivity contribution < 1.29 is 43.0 Å². The lowest BCUT2D eigenvalue weighted by Crippen LogP contribution is -2.55. The zero-order chi connectivity index (χ0) is 61.2. The summed E-state index contributed by atoms with van der Waals surface area (Å²) in [6, 6.07) is 27.9. The third kappa shape index (κ3) is 19.2. The van der Waals surface area contributed by atoms with E-state index in [-0.39, 0.29) is 22.1 Å². The number of carbonyl (C=O) groups is 6. The molecule has 37 nitrogen and oxygen atoms in total. The molecule has 4 aromatic carbocycles. The van der Waals surface area contributed by atoms with Crippen LogP contribution < -0.4 is 32.4 Å². The van der Waals surface area contributed by atoms with Gasteiger partial charge in [-0.2, -0.15) is 0 Å². The van der Waals surface area contributed by atoms with Gasteiger partial charge < -0.3 is 36.0 Å². The number of alkyl carbamates (subject to hydrolysis) is 1. The Bertz CT molecular complexity index is 3080. The summed E-state index contributed by atoms with van der Waals surface area (Å²) < 4.78 is 15.2. The maximum Gasteiger partial charge on any atom is 0.425 e. The van der Waals surface area contributed by atoms with E-state index >= 15 is 0 Å². The number of hydrazine groups is 1. The SMILES string of the molecule is [N-]=[N+]=NCC(CN=[N+]=[N-])(CN=[N+]=[N-])OC(=O)NC(CCNC(=O)Oc1ccc(C[C@@H](C(=O)N=O)N(N)C(=O)OC(CN=[N+]=[N-])(CN=[N+]=[N-])CN=[N+]=[N-])cc1)C(=O)N[C@@H](CSC(c1ccccc1)(c1ccccc1)c1ccccc1)C(=O)N=NN. The summed E-state index contributed by atoms with van der Waals surface area (Å²) >= 11 is 1.25. The summed E-state index contributed by atoms with van der Waals surface area (Å²) in [7, 11) is 0. The van der Waals surface area contributed by atoms with E-state index in [4.69, 9.17) is 59.1 Å². The van der Waals surface area contributed by atoms with Crippen molar-refractivity contribution in [3.63, 3.8) is 0 Å². The molecule has 7 N–H and O–H groups in total. The second-order valence-electron chi connectivity index (χ2n) is 17.2. The quantitative estimate of drug-likeness (QED) is 0.00450. The number of rotatable bonds is 32. The monoisotopic (exact) mass is 1170 g/mol. The van der Waals surface area contributed by atoms with E-state index in [9.17, 15) is 33.7 Å². The van der Waals surface area contributed by atoms with Crippen LogP contribution in [0.2, 0.25) is 0 Å². The molecular weight excluding hydrogens is 1120 g/mol. The first-order chi connectivity index (χ1) is 40.6. The van der Waals surface area contributed by atoms with E-state index in [1.807, 2.05) is 91.0 Å². The summed E-state index contributed by atoms with van der Waals surface area (Å²) in [5, 5.41) is 36.6. The highest BCUT2D eigenvalue weighted by atomic mass is 32.2. The largest absolute Gasteiger partial charge is 0.443 e. The van der Waals surface area contributed by atoms with Crippen molar-refractivity contribution in [2.45, 2.75) is 46.9 Å². The number of thioether (sulfide) groups is 1. The Labute approximate surface area is 477 Å². The van der Waals surface area contributed by atoms with Crippen molar-refractivity contribution in [1.29, 1.82) is 0 Å². The van der Waals surface area contributed by atoms with Crippen molar-refractivity contribution in [2.75, 3.05) is 51.6 Å². The van der Waals surface area contributed by atoms with Gasteiger partial charge in [-0.05, 0) is 74.0 Å². The van der Waals surface area contributed by atoms with E-state index in [1.54, 1.807) is 0 Å². The molecule has 4 aromatic rings. The summed E-state index contributed by atoms with van der Waals surface area (Å²) in [5.41, 5.74) is 52.3. The Kier molecular flexibility index (Phi) is 26.4. The first-order valence-corrected chi connectivity index (χ1v) is 25.1. The Morgan fingerprint density at radius 2 is 1.02 bits per heavy atom. The van der Waals surface area contributed by atoms with E-state index in [0.29, 0.717) is 0 Å². The molecule has 0 aliphatic carbocycles. The highest BCUT2D eigenvalue weighted by Crippen LogP contribution is 2.48. The maximum atomic E-state index is 14.5. The number of nitroso groups, excluding NO2 is 1. The molecule has 4 rings (SSSR count). The minimum atomic E-state index is -2.08. The van der Waals surface area contributed by atoms with Crippen LogP contribution in [-0.2, 0) is 35.0 Å². The van der Waals surface area contributed by atoms with Crippen LogP contribution in [0.1, 0.15) is 28.7 Å². The zero-order valence-corrected chi connectivity index (χ0v) is 44.6. The van der Waals surface area contributed by atoms with Crippen LogP contribution in [0.3, 0.4) is 0 Å². The fourth-order valence-electron chi connectivity index (χ4n) is 7.75. The number of nitrogens with zero attached hydrogens (tertiary/aromatic N) is 22. The molecule has 0 saturated carbocycles. The Hall–Kier alpha value is -11.3. The lowest BCUT2D eigenvalue weighted by Gasteiger charge is -2.36. The molecule has 0 heterocycles. The van der Waals surface area contributed by atoms with E-state index < -0.39 is 129 Å². The third-order valence-corrected chi connectivity index (χ3v) is 13.4. The molecule has 0 saturated heterocycles. The Morgan fingerprint density at radius 1 is 0.583 bits per heavy atom. The molecule has 84 heavy (non-hydrogen) atoms. The molecule has 434 valence electrons. The minimum absolute atomic E-state index is 0.131. The normalized spacial score (nSPS) is 13.0. The number of benzene rings is 4. The summed E-state index contributed by atoms with van der Waals surface area (Å²) in [6.07, 6.45) is -5.06. The van der Waals surface area contributed by atoms with Crippen LogP contribution in [0.4, 0.5) is 14.4 Å². The average molecular weight is 1170 g/mol. The summed E-state index contributed by atoms with van der Waals surface area (Å²) in [4.78, 5) is 108. The van der Waals surface area contributed by atoms with Gasteiger partial charge in [0.2, 0.25) is 5.91 Å². The predicted octanol–water partition coefficient (Wildman–Crippen LogP) is 8.18. The number of carbonyl (C=O) groups excluding carboxylic acids is 6. The van der Waals surface area contributed by atoms with Crippen molar-refractivity contribution in [3.8, 4) is 5.75 Å². The fraction of sp³-hybridized carbons (Fsp3) is 0.348. The van der Waals surface area contributed by atoms with Crippen molar-refractivity contribution in [1.82, 2.24) is 21.0 Å². The van der Waals surface area contributed by atoms with Gasteiger partial charge in [-0.1, -0.05) is 144 Å². The van der Waals surface area contributed by atoms with E-state index in [2.05, 4.69) is 91.6 Å². The molecule has 0 radical (unpaired) electrons. The minimum Gasteiger partial charge on any atom is -0.443 e. The number of azide groups is 6. The number of amides is 6. The number of hydrogen-bond acceptors (Lipinski definition) is 19. The van der Waals surface area contributed by atoms with Gasteiger partial charge in [0, 0.05) is 53.4 Å². The molecule has 38 heteroatoms. The number of hydrogen-bond donors (Lipinski definition) is 5. The predicted molar refractivity (Wildman–Crippen MR) is 296 cm³/mol. The lowest BCUT2D eigenvalue weighted by atomic mass is 9.84. The zero-order valence-electron chi connectivity index (χ0n) is 43.8. The van der Waals surface area contributed by atoms with Gasteiger partial charge in [-0.15, -0.1) is 16.7 Å². The Balaban J connectivity index is 1.61. The second-order valence-corrected chi connectivity index (χ2v) is 18.4. The lowest BCUT2D eigenvalue weighted by molar-refractivity contribution is -0.128. The molecule has 1 unspecified atom stereocenters. The fourth-order valence-corrected chi connectivity index (χ4v) is 9.30. The van der Waals surface area contributed by atoms with Gasteiger partial charge in [-0.3, -0.25) is 14.4 Å². The highest BCUT2D eigenvalue weighted by Gasteiger charge is 2.41. The molecule has 3 atom stereocenters. The molecular formula is C46H49N27O10S. The topological polar surface area (TPSA) is 568 Å². The average Bonchev–Trinajstić information content (AvgIpc) is 1.27. The van der Waals surface area contributed by atoms with E-state index in [0.717, 1.165) is 16.7 Å². The number of nitrogens with two attached hydrogens (primary N) is 2. The standard InChI is InChI=1S/C46H49N27O10S/c47-66-56-24-44(25-57-67-48,26-58-68-49)82-42(78)63-35(38(74)62-36(39(75)64-72-53)23-84-46(31-10-4-1-5-11-31,32-12-6-2-7-13-32)33-14-8-3-9-15-33)20-21-55-41(77)81-34-18-16-30(17-19-34)22-37(40(76)65-80)73(54)43(79)83-45(27-59-69-50,28-60-70-51)29-61-71-52/h1-19,35-37H,20-29,54H2,(H,55,77)(H,62,74)(H,63,78)(H2,53,64,75)/t35?,36-,37-/m0/s1. The molecule has 0 aliphatic rings. The van der Waals surface area contributed by atoms with Gasteiger partial charge in [-0.25, -0.2) is 25.2 Å². The molecule has 0 bridgehead atoms.